The molecule has 2 aromatic heterocycles. The number of aryl methyl sites for hydroxylation is 1. The normalized spacial score (nSPS) is 15.2. The highest BCUT2D eigenvalue weighted by Gasteiger charge is 2.53. The van der Waals surface area contributed by atoms with Gasteiger partial charge in [0.15, 0.2) is 17.0 Å². The van der Waals surface area contributed by atoms with Crippen LogP contribution in [0.15, 0.2) is 57.7 Å². The van der Waals surface area contributed by atoms with E-state index in [2.05, 4.69) is 10.3 Å². The number of carbonyl (C=O) groups is 3. The predicted octanol–water partition coefficient (Wildman–Crippen LogP) is 5.77. The molecule has 1 fully saturated rings. The van der Waals surface area contributed by atoms with E-state index in [1.165, 1.54) is 6.07 Å². The van der Waals surface area contributed by atoms with Crippen molar-refractivity contribution in [2.75, 3.05) is 19.8 Å². The molecule has 0 N–H and O–H groups in total. The minimum absolute atomic E-state index is 0.127. The van der Waals surface area contributed by atoms with Crippen molar-refractivity contribution in [3.63, 3.8) is 0 Å². The van der Waals surface area contributed by atoms with E-state index >= 15 is 4.39 Å². The summed E-state index contributed by atoms with van der Waals surface area (Å²) in [6.45, 7) is 10.1. The highest BCUT2D eigenvalue weighted by Crippen LogP contribution is 2.37. The van der Waals surface area contributed by atoms with E-state index in [-0.39, 0.29) is 38.2 Å². The predicted molar refractivity (Wildman–Crippen MR) is 177 cm³/mol. The molecule has 0 atom stereocenters. The van der Waals surface area contributed by atoms with Gasteiger partial charge in [-0.2, -0.15) is 0 Å². The zero-order valence-corrected chi connectivity index (χ0v) is 28.7. The van der Waals surface area contributed by atoms with Crippen LogP contribution < -0.4 is 10.3 Å². The van der Waals surface area contributed by atoms with Gasteiger partial charge in [0, 0.05) is 44.4 Å². The van der Waals surface area contributed by atoms with Crippen LogP contribution in [-0.2, 0) is 30.3 Å². The Morgan fingerprint density at radius 2 is 1.59 bits per heavy atom. The maximum absolute atomic E-state index is 15.1. The van der Waals surface area contributed by atoms with Crippen molar-refractivity contribution in [3.05, 3.63) is 64.6 Å². The smallest absolute Gasteiger partial charge is 0.324 e. The van der Waals surface area contributed by atoms with E-state index in [1.807, 2.05) is 0 Å². The first-order valence-corrected chi connectivity index (χ1v) is 16.2. The molecule has 0 aliphatic carbocycles. The fourth-order valence-electron chi connectivity index (χ4n) is 5.44. The zero-order valence-electron chi connectivity index (χ0n) is 28.7. The second-order valence-electron chi connectivity index (χ2n) is 14.4. The quantitative estimate of drug-likeness (QED) is 0.108. The summed E-state index contributed by atoms with van der Waals surface area (Å²) in [4.78, 5) is 55.4. The number of furan rings is 1. The Bertz CT molecular complexity index is 1880. The van der Waals surface area contributed by atoms with Crippen LogP contribution >= 0.6 is 0 Å². The molecule has 0 amide bonds. The Morgan fingerprint density at radius 3 is 2.24 bits per heavy atom. The molecule has 4 aromatic rings. The van der Waals surface area contributed by atoms with Gasteiger partial charge >= 0.3 is 11.9 Å². The highest BCUT2D eigenvalue weighted by molar-refractivity contribution is 6.08. The molecule has 1 saturated heterocycles. The van der Waals surface area contributed by atoms with E-state index in [0.29, 0.717) is 40.8 Å². The SMILES string of the molecule is CC(C)(C)OC(=O)C(CCn1nnc2ccccc2c1=O)(CC(=O)c1cc2cc(OCC3(F)CCOCC3)ccc2o1)C(=O)OC(C)(C)C. The van der Waals surface area contributed by atoms with Crippen molar-refractivity contribution >= 4 is 39.6 Å². The monoisotopic (exact) mass is 679 g/mol. The summed E-state index contributed by atoms with van der Waals surface area (Å²) in [5, 5.41) is 8.90. The van der Waals surface area contributed by atoms with Crippen molar-refractivity contribution in [2.24, 2.45) is 5.41 Å². The molecule has 0 saturated carbocycles. The van der Waals surface area contributed by atoms with Gasteiger partial charge in [0.25, 0.3) is 5.56 Å². The van der Waals surface area contributed by atoms with Crippen LogP contribution in [-0.4, -0.2) is 69.4 Å². The van der Waals surface area contributed by atoms with E-state index in [0.717, 1.165) is 4.68 Å². The summed E-state index contributed by atoms with van der Waals surface area (Å²) in [6.07, 6.45) is -0.594. The average Bonchev–Trinajstić information content (AvgIpc) is 3.45. The molecule has 1 aliphatic rings. The minimum Gasteiger partial charge on any atom is -0.490 e. The lowest BCUT2D eigenvalue weighted by molar-refractivity contribution is -0.186. The maximum Gasteiger partial charge on any atom is 0.324 e. The molecule has 13 heteroatoms. The highest BCUT2D eigenvalue weighted by atomic mass is 19.1. The molecule has 49 heavy (non-hydrogen) atoms. The third-order valence-corrected chi connectivity index (χ3v) is 8.07. The summed E-state index contributed by atoms with van der Waals surface area (Å²) in [5.74, 6) is -2.42. The standard InChI is InChI=1S/C36H42FN3O9/c1-33(2,3)48-31(43)36(32(44)49-34(4,5)6,13-16-40-30(42)25-9-7-8-10-26(25)38-39-40)21-27(41)29-20-23-19-24(11-12-28(23)47-29)46-22-35(37)14-17-45-18-15-35/h7-12,19-20H,13-18,21-22H2,1-6H3. The number of carbonyl (C=O) groups excluding carboxylic acids is 3. The largest absolute Gasteiger partial charge is 0.490 e. The van der Waals surface area contributed by atoms with Crippen molar-refractivity contribution in [3.8, 4) is 5.75 Å². The number of hydrogen-bond donors (Lipinski definition) is 0. The Morgan fingerprint density at radius 1 is 0.939 bits per heavy atom. The summed E-state index contributed by atoms with van der Waals surface area (Å²) < 4.78 is 44.4. The molecule has 0 bridgehead atoms. The third-order valence-electron chi connectivity index (χ3n) is 8.07. The first kappa shape index (κ1) is 35.7. The number of benzene rings is 2. The van der Waals surface area contributed by atoms with Gasteiger partial charge in [0.2, 0.25) is 0 Å². The topological polar surface area (TPSA) is 149 Å². The van der Waals surface area contributed by atoms with Crippen LogP contribution in [0.1, 0.15) is 77.8 Å². The molecule has 0 unspecified atom stereocenters. The number of aromatic nitrogens is 3. The van der Waals surface area contributed by atoms with Gasteiger partial charge in [-0.05, 0) is 84.4 Å². The molecule has 0 radical (unpaired) electrons. The molecular formula is C36H42FN3O9. The van der Waals surface area contributed by atoms with Crippen LogP contribution in [0.2, 0.25) is 0 Å². The van der Waals surface area contributed by atoms with Crippen molar-refractivity contribution in [2.45, 2.75) is 90.6 Å². The van der Waals surface area contributed by atoms with Crippen LogP contribution in [0, 0.1) is 5.41 Å². The summed E-state index contributed by atoms with van der Waals surface area (Å²) in [6, 6.07) is 12.9. The number of rotatable bonds is 11. The van der Waals surface area contributed by atoms with Gasteiger partial charge in [-0.1, -0.05) is 17.3 Å². The fraction of sp³-hybridized carbons (Fsp3) is 0.500. The van der Waals surface area contributed by atoms with Crippen molar-refractivity contribution in [1.82, 2.24) is 15.0 Å². The van der Waals surface area contributed by atoms with Crippen LogP contribution in [0.5, 0.6) is 5.75 Å². The van der Waals surface area contributed by atoms with Gasteiger partial charge in [-0.25, -0.2) is 9.07 Å². The Hall–Kier alpha value is -4.65. The van der Waals surface area contributed by atoms with Gasteiger partial charge < -0.3 is 23.4 Å². The average molecular weight is 680 g/mol. The lowest BCUT2D eigenvalue weighted by Crippen LogP contribution is -2.49. The van der Waals surface area contributed by atoms with Crippen LogP contribution in [0.25, 0.3) is 21.9 Å². The molecule has 2 aromatic carbocycles. The molecule has 3 heterocycles. The van der Waals surface area contributed by atoms with E-state index in [4.69, 9.17) is 23.4 Å². The molecule has 12 nitrogen and oxygen atoms in total. The van der Waals surface area contributed by atoms with Crippen molar-refractivity contribution in [1.29, 1.82) is 0 Å². The Kier molecular flexibility index (Phi) is 9.96. The maximum atomic E-state index is 15.1. The first-order valence-electron chi connectivity index (χ1n) is 16.2. The number of fused-ring (bicyclic) bond motifs is 2. The number of Topliss-reactive ketones (excluding diaryl/α,β-unsaturated/α-hetero) is 1. The van der Waals surface area contributed by atoms with Crippen LogP contribution in [0.3, 0.4) is 0 Å². The minimum atomic E-state index is -2.20. The number of hydrogen-bond acceptors (Lipinski definition) is 11. The molecule has 0 spiro atoms. The summed E-state index contributed by atoms with van der Waals surface area (Å²) in [7, 11) is 0. The summed E-state index contributed by atoms with van der Waals surface area (Å²) >= 11 is 0. The zero-order chi connectivity index (χ0) is 35.6. The van der Waals surface area contributed by atoms with E-state index in [1.54, 1.807) is 84.0 Å². The Labute approximate surface area is 282 Å². The second kappa shape index (κ2) is 13.7. The second-order valence-corrected chi connectivity index (χ2v) is 14.4. The summed E-state index contributed by atoms with van der Waals surface area (Å²) in [5.41, 5.74) is -5.52. The van der Waals surface area contributed by atoms with Crippen LogP contribution in [0.4, 0.5) is 4.39 Å². The number of ether oxygens (including phenoxy) is 4. The number of nitrogens with zero attached hydrogens (tertiary/aromatic N) is 3. The van der Waals surface area contributed by atoms with Gasteiger partial charge in [-0.3, -0.25) is 19.2 Å². The number of esters is 2. The lowest BCUT2D eigenvalue weighted by Gasteiger charge is -2.34. The Balaban J connectivity index is 1.47. The van der Waals surface area contributed by atoms with E-state index in [9.17, 15) is 19.2 Å². The lowest BCUT2D eigenvalue weighted by atomic mass is 9.78. The number of halogens is 1. The molecule has 5 rings (SSSR count). The van der Waals surface area contributed by atoms with Gasteiger partial charge in [-0.15, -0.1) is 5.10 Å². The molecule has 262 valence electrons. The number of alkyl halides is 1. The molecular weight excluding hydrogens is 637 g/mol. The van der Waals surface area contributed by atoms with Crippen molar-refractivity contribution < 1.29 is 42.1 Å². The van der Waals surface area contributed by atoms with Gasteiger partial charge in [0.05, 0.1) is 5.39 Å². The van der Waals surface area contributed by atoms with E-state index < -0.39 is 52.0 Å². The third kappa shape index (κ3) is 8.51. The molecule has 1 aliphatic heterocycles. The van der Waals surface area contributed by atoms with Gasteiger partial charge in [0.1, 0.15) is 40.3 Å². The first-order chi connectivity index (χ1) is 23.0. The number of ketones is 1. The fourth-order valence-corrected chi connectivity index (χ4v) is 5.44.